The Kier molecular flexibility index (Phi) is 5.79. The maximum absolute atomic E-state index is 12.6. The number of furan rings is 1. The highest BCUT2D eigenvalue weighted by atomic mass is 19.4. The lowest BCUT2D eigenvalue weighted by atomic mass is 9.76. The third-order valence-electron chi connectivity index (χ3n) is 7.07. The second-order valence-corrected chi connectivity index (χ2v) is 9.35. The Hall–Kier alpha value is -1.73. The molecule has 2 aliphatic carbocycles. The summed E-state index contributed by atoms with van der Waals surface area (Å²) in [6.45, 7) is 7.39. The van der Waals surface area contributed by atoms with Gasteiger partial charge in [-0.05, 0) is 67.7 Å². The number of fused-ring (bicyclic) bond motifs is 1. The summed E-state index contributed by atoms with van der Waals surface area (Å²) in [7, 11) is 0. The zero-order chi connectivity index (χ0) is 21.5. The topological polar surface area (TPSA) is 49.4 Å². The van der Waals surface area contributed by atoms with E-state index in [0.717, 1.165) is 44.0 Å². The molecule has 0 bridgehead atoms. The van der Waals surface area contributed by atoms with E-state index in [1.54, 1.807) is 6.08 Å². The number of rotatable bonds is 8. The molecule has 1 N–H and O–H groups in total. The number of piperidine rings is 1. The van der Waals surface area contributed by atoms with Crippen LogP contribution in [0.3, 0.4) is 0 Å². The predicted molar refractivity (Wildman–Crippen MR) is 109 cm³/mol. The van der Waals surface area contributed by atoms with Crippen LogP contribution in [0.5, 0.6) is 0 Å². The molecule has 1 saturated heterocycles. The van der Waals surface area contributed by atoms with Crippen molar-refractivity contribution in [3.05, 3.63) is 53.4 Å². The van der Waals surface area contributed by atoms with Gasteiger partial charge in [0.1, 0.15) is 17.3 Å². The van der Waals surface area contributed by atoms with Gasteiger partial charge in [-0.2, -0.15) is 0 Å². The molecule has 4 rings (SSSR count). The van der Waals surface area contributed by atoms with Crippen molar-refractivity contribution in [2.75, 3.05) is 26.2 Å². The lowest BCUT2D eigenvalue weighted by Gasteiger charge is -2.37. The SMILES string of the molecule is Cc1ccc(C(C)CCN2CC3C(C2)C3CC2(C[NH-])C=CC=C(OC(F)(F)F)C2)o1. The molecule has 4 nitrogen and oxygen atoms in total. The Morgan fingerprint density at radius 1 is 1.30 bits per heavy atom. The van der Waals surface area contributed by atoms with Crippen LogP contribution in [0.25, 0.3) is 5.73 Å². The van der Waals surface area contributed by atoms with Gasteiger partial charge in [0.05, 0.1) is 0 Å². The van der Waals surface area contributed by atoms with Crippen molar-refractivity contribution >= 4 is 0 Å². The van der Waals surface area contributed by atoms with E-state index in [4.69, 9.17) is 10.2 Å². The summed E-state index contributed by atoms with van der Waals surface area (Å²) in [5.41, 5.74) is 7.45. The fourth-order valence-electron chi connectivity index (χ4n) is 5.31. The normalized spacial score (nSPS) is 32.1. The fraction of sp³-hybridized carbons (Fsp3) is 0.652. The first-order valence-corrected chi connectivity index (χ1v) is 10.8. The molecule has 4 unspecified atom stereocenters. The van der Waals surface area contributed by atoms with Crippen LogP contribution in [0.4, 0.5) is 13.2 Å². The number of halogens is 3. The van der Waals surface area contributed by atoms with Crippen molar-refractivity contribution in [3.63, 3.8) is 0 Å². The number of likely N-dealkylation sites (tertiary alicyclic amines) is 1. The largest absolute Gasteiger partial charge is 0.677 e. The molecule has 30 heavy (non-hydrogen) atoms. The fourth-order valence-corrected chi connectivity index (χ4v) is 5.31. The smallest absolute Gasteiger partial charge is 0.572 e. The van der Waals surface area contributed by atoms with Gasteiger partial charge in [-0.15, -0.1) is 19.7 Å². The lowest BCUT2D eigenvalue weighted by Crippen LogP contribution is -2.30. The van der Waals surface area contributed by atoms with Gasteiger partial charge in [0.15, 0.2) is 0 Å². The van der Waals surface area contributed by atoms with Gasteiger partial charge in [0.25, 0.3) is 0 Å². The Bertz CT molecular complexity index is 804. The number of alkyl halides is 3. The van der Waals surface area contributed by atoms with Gasteiger partial charge in [-0.25, -0.2) is 0 Å². The second kappa shape index (κ2) is 8.08. The van der Waals surface area contributed by atoms with Crippen LogP contribution in [0.1, 0.15) is 43.6 Å². The van der Waals surface area contributed by atoms with E-state index in [9.17, 15) is 13.2 Å². The van der Waals surface area contributed by atoms with Gasteiger partial charge < -0.3 is 19.8 Å². The van der Waals surface area contributed by atoms with E-state index in [0.29, 0.717) is 23.7 Å². The molecule has 1 aliphatic heterocycles. The van der Waals surface area contributed by atoms with Crippen molar-refractivity contribution in [1.82, 2.24) is 4.90 Å². The number of nitrogens with zero attached hydrogens (tertiary/aromatic N) is 1. The highest BCUT2D eigenvalue weighted by Crippen LogP contribution is 2.58. The Morgan fingerprint density at radius 3 is 2.63 bits per heavy atom. The van der Waals surface area contributed by atoms with E-state index in [-0.39, 0.29) is 18.7 Å². The van der Waals surface area contributed by atoms with Gasteiger partial charge in [-0.3, -0.25) is 0 Å². The molecule has 1 aromatic rings. The summed E-state index contributed by atoms with van der Waals surface area (Å²) in [4.78, 5) is 2.50. The molecule has 0 radical (unpaired) electrons. The average Bonchev–Trinajstić information content (AvgIpc) is 3.04. The van der Waals surface area contributed by atoms with E-state index < -0.39 is 11.8 Å². The molecule has 1 aromatic heterocycles. The zero-order valence-electron chi connectivity index (χ0n) is 17.5. The van der Waals surface area contributed by atoms with Crippen molar-refractivity contribution in [3.8, 4) is 0 Å². The Morgan fingerprint density at radius 2 is 2.03 bits per heavy atom. The van der Waals surface area contributed by atoms with E-state index in [1.807, 2.05) is 19.1 Å². The maximum atomic E-state index is 12.6. The number of nitrogens with one attached hydrogen (secondary N) is 1. The molecular weight excluding hydrogens is 393 g/mol. The van der Waals surface area contributed by atoms with Gasteiger partial charge >= 0.3 is 6.36 Å². The van der Waals surface area contributed by atoms with Crippen molar-refractivity contribution in [2.24, 2.45) is 23.2 Å². The summed E-state index contributed by atoms with van der Waals surface area (Å²) in [5.74, 6) is 4.03. The van der Waals surface area contributed by atoms with Crippen molar-refractivity contribution in [2.45, 2.75) is 45.4 Å². The minimum absolute atomic E-state index is 0.0770. The van der Waals surface area contributed by atoms with Gasteiger partial charge in [0.2, 0.25) is 0 Å². The maximum Gasteiger partial charge on any atom is 0.572 e. The van der Waals surface area contributed by atoms with Gasteiger partial charge in [-0.1, -0.05) is 19.1 Å². The Balaban J connectivity index is 1.25. The molecule has 0 amide bonds. The first-order valence-electron chi connectivity index (χ1n) is 10.8. The average molecular weight is 423 g/mol. The monoisotopic (exact) mass is 423 g/mol. The third-order valence-corrected chi connectivity index (χ3v) is 7.07. The standard InChI is InChI=1S/C23H30F3N2O2/c1-15(21-6-5-16(2)29-21)7-9-28-12-19-18(20(19)13-28)11-22(14-27)8-3-4-17(10-22)30-23(24,25)26/h3-6,8,15,18-20,27H,7,9-14H2,1-2H3/q-1. The quantitative estimate of drug-likeness (QED) is 0.510. The Labute approximate surface area is 175 Å². The summed E-state index contributed by atoms with van der Waals surface area (Å²) < 4.78 is 47.7. The van der Waals surface area contributed by atoms with Crippen molar-refractivity contribution in [1.29, 1.82) is 0 Å². The highest BCUT2D eigenvalue weighted by Gasteiger charge is 2.56. The molecule has 2 heterocycles. The first kappa shape index (κ1) is 21.5. The third kappa shape index (κ3) is 4.78. The zero-order valence-corrected chi connectivity index (χ0v) is 17.5. The lowest BCUT2D eigenvalue weighted by molar-refractivity contribution is -0.307. The summed E-state index contributed by atoms with van der Waals surface area (Å²) in [6, 6.07) is 4.06. The minimum Gasteiger partial charge on any atom is -0.677 e. The number of ether oxygens (including phenoxy) is 1. The molecule has 7 heteroatoms. The molecule has 3 aliphatic rings. The molecule has 0 spiro atoms. The van der Waals surface area contributed by atoms with Crippen LogP contribution in [-0.2, 0) is 4.74 Å². The van der Waals surface area contributed by atoms with Gasteiger partial charge in [0, 0.05) is 25.4 Å². The number of aryl methyl sites for hydroxylation is 1. The second-order valence-electron chi connectivity index (χ2n) is 9.35. The molecule has 166 valence electrons. The molecule has 4 atom stereocenters. The van der Waals surface area contributed by atoms with Crippen LogP contribution in [-0.4, -0.2) is 37.4 Å². The number of hydrogen-bond acceptors (Lipinski definition) is 3. The van der Waals surface area contributed by atoms with E-state index in [2.05, 4.69) is 22.6 Å². The minimum atomic E-state index is -4.67. The predicted octanol–water partition coefficient (Wildman–Crippen LogP) is 6.07. The van der Waals surface area contributed by atoms with Crippen LogP contribution in [0.2, 0.25) is 0 Å². The molecule has 1 saturated carbocycles. The number of allylic oxidation sites excluding steroid dienone is 3. The van der Waals surface area contributed by atoms with Crippen LogP contribution in [0, 0.1) is 30.1 Å². The van der Waals surface area contributed by atoms with E-state index in [1.165, 1.54) is 6.08 Å². The van der Waals surface area contributed by atoms with Crippen LogP contribution in [0.15, 0.2) is 40.5 Å². The molecule has 0 aromatic carbocycles. The molecule has 2 fully saturated rings. The summed E-state index contributed by atoms with van der Waals surface area (Å²) in [6.07, 6.45) is 2.23. The first-order chi connectivity index (χ1) is 14.2. The summed E-state index contributed by atoms with van der Waals surface area (Å²) in [5, 5.41) is 0. The van der Waals surface area contributed by atoms with E-state index >= 15 is 0 Å². The summed E-state index contributed by atoms with van der Waals surface area (Å²) >= 11 is 0. The number of hydrogen-bond donors (Lipinski definition) is 0. The van der Waals surface area contributed by atoms with Crippen LogP contribution < -0.4 is 0 Å². The molecular formula is C23H30F3N2O2-. The van der Waals surface area contributed by atoms with Crippen molar-refractivity contribution < 1.29 is 22.3 Å². The highest BCUT2D eigenvalue weighted by molar-refractivity contribution is 5.23. The van der Waals surface area contributed by atoms with Crippen LogP contribution >= 0.6 is 0 Å².